The van der Waals surface area contributed by atoms with Gasteiger partial charge in [-0.05, 0) is 24.1 Å². The van der Waals surface area contributed by atoms with Crippen molar-refractivity contribution in [2.45, 2.75) is 19.1 Å². The van der Waals surface area contributed by atoms with Gasteiger partial charge in [-0.3, -0.25) is 9.00 Å². The molecule has 0 bridgehead atoms. The van der Waals surface area contributed by atoms with E-state index in [0.717, 1.165) is 12.0 Å². The summed E-state index contributed by atoms with van der Waals surface area (Å²) >= 11 is 5.82. The first kappa shape index (κ1) is 14.2. The van der Waals surface area contributed by atoms with Crippen molar-refractivity contribution in [1.82, 2.24) is 5.32 Å². The molecule has 3 nitrogen and oxygen atoms in total. The maximum atomic E-state index is 11.7. The second-order valence-corrected chi connectivity index (χ2v) is 5.60. The van der Waals surface area contributed by atoms with Crippen LogP contribution in [-0.4, -0.2) is 22.4 Å². The lowest BCUT2D eigenvalue weighted by Gasteiger charge is -2.04. The fourth-order valence-electron chi connectivity index (χ4n) is 1.33. The Morgan fingerprint density at radius 3 is 2.88 bits per heavy atom. The number of amides is 1. The minimum Gasteiger partial charge on any atom is -0.355 e. The SMILES string of the molecule is CCCNC(=O)C[S@](=O)Cc1cccc(Cl)c1. The van der Waals surface area contributed by atoms with Crippen molar-refractivity contribution in [1.29, 1.82) is 0 Å². The molecule has 0 aromatic heterocycles. The van der Waals surface area contributed by atoms with Crippen molar-refractivity contribution in [3.05, 3.63) is 34.9 Å². The van der Waals surface area contributed by atoms with Gasteiger partial charge in [0.1, 0.15) is 5.75 Å². The number of halogens is 1. The monoisotopic (exact) mass is 273 g/mol. The molecule has 0 aliphatic rings. The van der Waals surface area contributed by atoms with Crippen molar-refractivity contribution in [2.75, 3.05) is 12.3 Å². The van der Waals surface area contributed by atoms with Crippen LogP contribution in [0, 0.1) is 0 Å². The highest BCUT2D eigenvalue weighted by atomic mass is 35.5. The second-order valence-electron chi connectivity index (χ2n) is 3.71. The zero-order valence-electron chi connectivity index (χ0n) is 9.74. The second kappa shape index (κ2) is 7.45. The van der Waals surface area contributed by atoms with Crippen LogP contribution in [0.5, 0.6) is 0 Å². The van der Waals surface area contributed by atoms with Crippen LogP contribution in [0.2, 0.25) is 5.02 Å². The van der Waals surface area contributed by atoms with Crippen molar-refractivity contribution in [2.24, 2.45) is 0 Å². The number of carbonyl (C=O) groups excluding carboxylic acids is 1. The van der Waals surface area contributed by atoms with Gasteiger partial charge in [-0.2, -0.15) is 0 Å². The summed E-state index contributed by atoms with van der Waals surface area (Å²) in [6, 6.07) is 7.20. The van der Waals surface area contributed by atoms with Crippen molar-refractivity contribution < 1.29 is 9.00 Å². The molecule has 5 heteroatoms. The maximum Gasteiger partial charge on any atom is 0.232 e. The summed E-state index contributed by atoms with van der Waals surface area (Å²) in [5, 5.41) is 3.32. The number of carbonyl (C=O) groups is 1. The van der Waals surface area contributed by atoms with E-state index in [1.165, 1.54) is 0 Å². The zero-order valence-corrected chi connectivity index (χ0v) is 11.3. The molecule has 0 unspecified atom stereocenters. The normalized spacial score (nSPS) is 12.1. The van der Waals surface area contributed by atoms with Gasteiger partial charge in [0, 0.05) is 28.1 Å². The van der Waals surface area contributed by atoms with Crippen LogP contribution in [0.15, 0.2) is 24.3 Å². The largest absolute Gasteiger partial charge is 0.355 e. The molecule has 0 heterocycles. The highest BCUT2D eigenvalue weighted by Crippen LogP contribution is 2.12. The molecule has 1 atom stereocenters. The average Bonchev–Trinajstić information content (AvgIpc) is 2.26. The fraction of sp³-hybridized carbons (Fsp3) is 0.417. The molecule has 0 saturated carbocycles. The first-order valence-corrected chi connectivity index (χ1v) is 7.34. The van der Waals surface area contributed by atoms with E-state index in [-0.39, 0.29) is 11.7 Å². The third-order valence-corrected chi connectivity index (χ3v) is 3.56. The highest BCUT2D eigenvalue weighted by Gasteiger charge is 2.08. The Bertz CT molecular complexity index is 409. The van der Waals surface area contributed by atoms with Crippen LogP contribution in [-0.2, 0) is 21.3 Å². The molecule has 0 saturated heterocycles. The standard InChI is InChI=1S/C12H16ClNO2S/c1-2-6-14-12(15)9-17(16)8-10-4-3-5-11(13)7-10/h3-5,7H,2,6,8-9H2,1H3,(H,14,15)/t17-/m1/s1. The number of benzene rings is 1. The third-order valence-electron chi connectivity index (χ3n) is 2.08. The topological polar surface area (TPSA) is 46.2 Å². The van der Waals surface area contributed by atoms with E-state index in [4.69, 9.17) is 11.6 Å². The quantitative estimate of drug-likeness (QED) is 0.863. The highest BCUT2D eigenvalue weighted by molar-refractivity contribution is 7.84. The number of hydrogen-bond donors (Lipinski definition) is 1. The molecule has 0 radical (unpaired) electrons. The lowest BCUT2D eigenvalue weighted by molar-refractivity contribution is -0.118. The predicted octanol–water partition coefficient (Wildman–Crippen LogP) is 2.11. The van der Waals surface area contributed by atoms with Gasteiger partial charge in [-0.1, -0.05) is 30.7 Å². The molecule has 1 N–H and O–H groups in total. The summed E-state index contributed by atoms with van der Waals surface area (Å²) in [6.45, 7) is 2.61. The van der Waals surface area contributed by atoms with Crippen LogP contribution in [0.25, 0.3) is 0 Å². The Hall–Kier alpha value is -0.870. The molecule has 1 aromatic carbocycles. The summed E-state index contributed by atoms with van der Waals surface area (Å²) in [6.07, 6.45) is 0.882. The van der Waals surface area contributed by atoms with Crippen molar-refractivity contribution in [3.63, 3.8) is 0 Å². The molecule has 0 fully saturated rings. The molecule has 94 valence electrons. The van der Waals surface area contributed by atoms with Gasteiger partial charge in [0.2, 0.25) is 5.91 Å². The van der Waals surface area contributed by atoms with Gasteiger partial charge >= 0.3 is 0 Å². The Morgan fingerprint density at radius 2 is 2.24 bits per heavy atom. The van der Waals surface area contributed by atoms with Gasteiger partial charge in [-0.25, -0.2) is 0 Å². The molecule has 0 aliphatic heterocycles. The van der Waals surface area contributed by atoms with Crippen LogP contribution >= 0.6 is 11.6 Å². The summed E-state index contributed by atoms with van der Waals surface area (Å²) < 4.78 is 11.7. The Labute approximate surface area is 109 Å². The predicted molar refractivity (Wildman–Crippen MR) is 71.5 cm³/mol. The van der Waals surface area contributed by atoms with E-state index in [2.05, 4.69) is 5.32 Å². The van der Waals surface area contributed by atoms with E-state index in [9.17, 15) is 9.00 Å². The van der Waals surface area contributed by atoms with Crippen LogP contribution in [0.3, 0.4) is 0 Å². The minimum atomic E-state index is -1.18. The Morgan fingerprint density at radius 1 is 1.47 bits per heavy atom. The summed E-state index contributed by atoms with van der Waals surface area (Å²) in [4.78, 5) is 11.3. The molecule has 17 heavy (non-hydrogen) atoms. The van der Waals surface area contributed by atoms with Gasteiger partial charge in [0.15, 0.2) is 0 Å². The molecule has 1 rings (SSSR count). The Kier molecular flexibility index (Phi) is 6.22. The molecular weight excluding hydrogens is 258 g/mol. The number of rotatable bonds is 6. The molecular formula is C12H16ClNO2S. The van der Waals surface area contributed by atoms with E-state index >= 15 is 0 Å². The fourth-order valence-corrected chi connectivity index (χ4v) is 2.59. The van der Waals surface area contributed by atoms with E-state index in [0.29, 0.717) is 17.3 Å². The zero-order chi connectivity index (χ0) is 12.7. The van der Waals surface area contributed by atoms with E-state index in [1.54, 1.807) is 12.1 Å². The minimum absolute atomic E-state index is 0.0481. The molecule has 1 aromatic rings. The first-order chi connectivity index (χ1) is 8.11. The summed E-state index contributed by atoms with van der Waals surface area (Å²) in [5.74, 6) is 0.249. The summed E-state index contributed by atoms with van der Waals surface area (Å²) in [7, 11) is -1.18. The summed E-state index contributed by atoms with van der Waals surface area (Å²) in [5.41, 5.74) is 0.888. The van der Waals surface area contributed by atoms with Gasteiger partial charge in [-0.15, -0.1) is 0 Å². The number of hydrogen-bond acceptors (Lipinski definition) is 2. The Balaban J connectivity index is 2.42. The average molecular weight is 274 g/mol. The first-order valence-electron chi connectivity index (χ1n) is 5.48. The van der Waals surface area contributed by atoms with Crippen molar-refractivity contribution >= 4 is 28.3 Å². The van der Waals surface area contributed by atoms with Crippen LogP contribution < -0.4 is 5.32 Å². The van der Waals surface area contributed by atoms with E-state index < -0.39 is 10.8 Å². The molecule has 0 aliphatic carbocycles. The lowest BCUT2D eigenvalue weighted by Crippen LogP contribution is -2.29. The van der Waals surface area contributed by atoms with Gasteiger partial charge < -0.3 is 5.32 Å². The third kappa shape index (κ3) is 5.84. The van der Waals surface area contributed by atoms with Gasteiger partial charge in [0.25, 0.3) is 0 Å². The number of nitrogens with one attached hydrogen (secondary N) is 1. The maximum absolute atomic E-state index is 11.7. The lowest BCUT2D eigenvalue weighted by atomic mass is 10.2. The van der Waals surface area contributed by atoms with Gasteiger partial charge in [0.05, 0.1) is 0 Å². The van der Waals surface area contributed by atoms with Crippen molar-refractivity contribution in [3.8, 4) is 0 Å². The smallest absolute Gasteiger partial charge is 0.232 e. The molecule has 1 amide bonds. The van der Waals surface area contributed by atoms with E-state index in [1.807, 2.05) is 19.1 Å². The van der Waals surface area contributed by atoms with Crippen LogP contribution in [0.4, 0.5) is 0 Å². The van der Waals surface area contributed by atoms with Crippen LogP contribution in [0.1, 0.15) is 18.9 Å². The molecule has 0 spiro atoms.